The largest absolute Gasteiger partial charge is 0.375 e. The third kappa shape index (κ3) is 4.92. The molecule has 6 nitrogen and oxygen atoms in total. The first kappa shape index (κ1) is 16.6. The Bertz CT molecular complexity index is 538. The zero-order chi connectivity index (χ0) is 15.2. The summed E-state index contributed by atoms with van der Waals surface area (Å²) < 4.78 is 30.2. The summed E-state index contributed by atoms with van der Waals surface area (Å²) >= 11 is 0. The van der Waals surface area contributed by atoms with E-state index in [1.165, 1.54) is 26.4 Å². The van der Waals surface area contributed by atoms with E-state index in [2.05, 4.69) is 16.9 Å². The molecule has 0 saturated heterocycles. The Morgan fingerprint density at radius 1 is 1.45 bits per heavy atom. The van der Waals surface area contributed by atoms with Gasteiger partial charge in [-0.25, -0.2) is 17.7 Å². The molecule has 0 spiro atoms. The lowest BCUT2D eigenvalue weighted by Crippen LogP contribution is -2.22. The lowest BCUT2D eigenvalue weighted by molar-refractivity contribution is 0.167. The van der Waals surface area contributed by atoms with Crippen molar-refractivity contribution in [3.8, 4) is 0 Å². The lowest BCUT2D eigenvalue weighted by atomic mass is 10.4. The molecule has 0 bridgehead atoms. The van der Waals surface area contributed by atoms with Crippen LogP contribution in [0, 0.1) is 0 Å². The number of aromatic nitrogens is 1. The Morgan fingerprint density at radius 3 is 2.65 bits per heavy atom. The van der Waals surface area contributed by atoms with Crippen molar-refractivity contribution >= 4 is 15.8 Å². The predicted molar refractivity (Wildman–Crippen MR) is 79.2 cm³/mol. The van der Waals surface area contributed by atoms with Gasteiger partial charge in [-0.2, -0.15) is 0 Å². The van der Waals surface area contributed by atoms with Crippen molar-refractivity contribution in [2.45, 2.75) is 11.8 Å². The highest BCUT2D eigenvalue weighted by Gasteiger charge is 2.17. The maximum Gasteiger partial charge on any atom is 0.244 e. The van der Waals surface area contributed by atoms with Crippen LogP contribution in [0.4, 0.5) is 5.82 Å². The molecule has 0 radical (unpaired) electrons. The van der Waals surface area contributed by atoms with Crippen molar-refractivity contribution in [1.29, 1.82) is 0 Å². The average Bonchev–Trinajstić information content (AvgIpc) is 2.38. The Kier molecular flexibility index (Phi) is 6.12. The summed E-state index contributed by atoms with van der Waals surface area (Å²) in [6.07, 6.45) is 1.34. The van der Waals surface area contributed by atoms with Crippen LogP contribution in [0.2, 0.25) is 0 Å². The van der Waals surface area contributed by atoms with E-state index in [1.54, 1.807) is 6.07 Å². The highest BCUT2D eigenvalue weighted by Crippen LogP contribution is 2.13. The van der Waals surface area contributed by atoms with Gasteiger partial charge in [0.25, 0.3) is 0 Å². The monoisotopic (exact) mass is 299 g/mol. The van der Waals surface area contributed by atoms with Crippen LogP contribution in [-0.2, 0) is 14.8 Å². The molecule has 0 atom stereocenters. The number of hydrogen-bond acceptors (Lipinski definition) is 5. The predicted octanol–water partition coefficient (Wildman–Crippen LogP) is 1.34. The first-order chi connectivity index (χ1) is 9.34. The summed E-state index contributed by atoms with van der Waals surface area (Å²) in [6, 6.07) is 3.16. The van der Waals surface area contributed by atoms with Crippen molar-refractivity contribution < 1.29 is 13.2 Å². The second-order valence-corrected chi connectivity index (χ2v) is 6.75. The molecule has 1 aromatic heterocycles. The molecule has 0 aromatic carbocycles. The van der Waals surface area contributed by atoms with Crippen LogP contribution in [0.5, 0.6) is 0 Å². The number of sulfonamides is 1. The second-order valence-electron chi connectivity index (χ2n) is 4.60. The first-order valence-electron chi connectivity index (χ1n) is 6.18. The molecular weight excluding hydrogens is 278 g/mol. The molecule has 0 aliphatic carbocycles. The summed E-state index contributed by atoms with van der Waals surface area (Å²) in [5, 5.41) is 3.05. The second kappa shape index (κ2) is 7.37. The van der Waals surface area contributed by atoms with Crippen LogP contribution >= 0.6 is 0 Å². The van der Waals surface area contributed by atoms with Gasteiger partial charge in [-0.05, 0) is 19.1 Å². The molecule has 112 valence electrons. The number of ether oxygens (including phenoxy) is 1. The molecule has 1 aromatic rings. The number of nitrogens with one attached hydrogen (secondary N) is 1. The van der Waals surface area contributed by atoms with Gasteiger partial charge in [0.2, 0.25) is 10.0 Å². The maximum atomic E-state index is 11.8. The molecule has 0 fully saturated rings. The fourth-order valence-electron chi connectivity index (χ4n) is 1.35. The minimum absolute atomic E-state index is 0.173. The molecule has 20 heavy (non-hydrogen) atoms. The highest BCUT2D eigenvalue weighted by atomic mass is 32.2. The van der Waals surface area contributed by atoms with E-state index in [1.807, 2.05) is 6.92 Å². The van der Waals surface area contributed by atoms with Crippen LogP contribution in [0.15, 0.2) is 35.4 Å². The molecule has 1 rings (SSSR count). The summed E-state index contributed by atoms with van der Waals surface area (Å²) in [7, 11) is -0.451. The van der Waals surface area contributed by atoms with E-state index < -0.39 is 10.0 Å². The van der Waals surface area contributed by atoms with Crippen molar-refractivity contribution in [2.24, 2.45) is 0 Å². The van der Waals surface area contributed by atoms with Crippen LogP contribution in [-0.4, -0.2) is 51.6 Å². The summed E-state index contributed by atoms with van der Waals surface area (Å²) in [4.78, 5) is 4.24. The van der Waals surface area contributed by atoms with Gasteiger partial charge in [-0.1, -0.05) is 12.2 Å². The number of anilines is 1. The van der Waals surface area contributed by atoms with Gasteiger partial charge < -0.3 is 10.1 Å². The minimum atomic E-state index is -3.42. The van der Waals surface area contributed by atoms with Crippen molar-refractivity contribution in [1.82, 2.24) is 9.29 Å². The fourth-order valence-corrected chi connectivity index (χ4v) is 2.19. The van der Waals surface area contributed by atoms with Crippen molar-refractivity contribution in [3.05, 3.63) is 30.5 Å². The van der Waals surface area contributed by atoms with Crippen LogP contribution < -0.4 is 5.32 Å². The summed E-state index contributed by atoms with van der Waals surface area (Å²) in [6.45, 7) is 7.31. The summed E-state index contributed by atoms with van der Waals surface area (Å²) in [5.74, 6) is 0.613. The van der Waals surface area contributed by atoms with E-state index in [4.69, 9.17) is 4.74 Å². The molecule has 1 heterocycles. The Hall–Kier alpha value is -1.44. The number of rotatable bonds is 8. The maximum absolute atomic E-state index is 11.8. The molecule has 0 unspecified atom stereocenters. The van der Waals surface area contributed by atoms with E-state index in [9.17, 15) is 8.42 Å². The van der Waals surface area contributed by atoms with Gasteiger partial charge in [0.15, 0.2) is 0 Å². The van der Waals surface area contributed by atoms with Crippen molar-refractivity contribution in [2.75, 3.05) is 39.2 Å². The SMILES string of the molecule is C=C(C)COCCNc1ccc(S(=O)(=O)N(C)C)cn1. The Labute approximate surface area is 120 Å². The average molecular weight is 299 g/mol. The number of pyridine rings is 1. The lowest BCUT2D eigenvalue weighted by Gasteiger charge is -2.11. The number of hydrogen-bond donors (Lipinski definition) is 1. The van der Waals surface area contributed by atoms with Gasteiger partial charge in [0.05, 0.1) is 13.2 Å². The summed E-state index contributed by atoms with van der Waals surface area (Å²) in [5.41, 5.74) is 0.973. The number of nitrogens with zero attached hydrogens (tertiary/aromatic N) is 2. The van der Waals surface area contributed by atoms with Crippen LogP contribution in [0.1, 0.15) is 6.92 Å². The van der Waals surface area contributed by atoms with E-state index >= 15 is 0 Å². The topological polar surface area (TPSA) is 71.5 Å². The zero-order valence-corrected chi connectivity index (χ0v) is 12.9. The standard InChI is InChI=1S/C13H21N3O3S/c1-11(2)10-19-8-7-14-13-6-5-12(9-15-13)20(17,18)16(3)4/h5-6,9H,1,7-8,10H2,2-4H3,(H,14,15). The zero-order valence-electron chi connectivity index (χ0n) is 12.1. The van der Waals surface area contributed by atoms with E-state index in [0.717, 1.165) is 9.88 Å². The Morgan fingerprint density at radius 2 is 2.15 bits per heavy atom. The minimum Gasteiger partial charge on any atom is -0.375 e. The van der Waals surface area contributed by atoms with E-state index in [0.29, 0.717) is 25.6 Å². The molecule has 0 aliphatic rings. The van der Waals surface area contributed by atoms with E-state index in [-0.39, 0.29) is 4.90 Å². The molecular formula is C13H21N3O3S. The smallest absolute Gasteiger partial charge is 0.244 e. The highest BCUT2D eigenvalue weighted by molar-refractivity contribution is 7.89. The third-order valence-electron chi connectivity index (χ3n) is 2.42. The van der Waals surface area contributed by atoms with Gasteiger partial charge >= 0.3 is 0 Å². The van der Waals surface area contributed by atoms with Gasteiger partial charge in [-0.15, -0.1) is 0 Å². The van der Waals surface area contributed by atoms with Crippen LogP contribution in [0.3, 0.4) is 0 Å². The molecule has 0 amide bonds. The molecule has 7 heteroatoms. The molecule has 0 aliphatic heterocycles. The molecule has 1 N–H and O–H groups in total. The van der Waals surface area contributed by atoms with Crippen molar-refractivity contribution in [3.63, 3.8) is 0 Å². The normalized spacial score (nSPS) is 11.6. The van der Waals surface area contributed by atoms with Gasteiger partial charge in [0.1, 0.15) is 10.7 Å². The quantitative estimate of drug-likeness (QED) is 0.579. The fraction of sp³-hybridized carbons (Fsp3) is 0.462. The third-order valence-corrected chi connectivity index (χ3v) is 4.21. The van der Waals surface area contributed by atoms with Gasteiger partial charge in [-0.3, -0.25) is 0 Å². The Balaban J connectivity index is 2.49. The van der Waals surface area contributed by atoms with Gasteiger partial charge in [0, 0.05) is 26.8 Å². The van der Waals surface area contributed by atoms with Crippen LogP contribution in [0.25, 0.3) is 0 Å². The first-order valence-corrected chi connectivity index (χ1v) is 7.62. The molecule has 0 saturated carbocycles.